The topological polar surface area (TPSA) is 46.3 Å². The highest BCUT2D eigenvalue weighted by Gasteiger charge is 2.18. The van der Waals surface area contributed by atoms with E-state index in [1.807, 2.05) is 6.92 Å². The van der Waals surface area contributed by atoms with Gasteiger partial charge in [0.1, 0.15) is 0 Å². The average molecular weight is 255 g/mol. The van der Waals surface area contributed by atoms with Crippen molar-refractivity contribution in [3.63, 3.8) is 0 Å². The molecule has 1 aromatic rings. The van der Waals surface area contributed by atoms with Crippen LogP contribution in [0.4, 0.5) is 5.69 Å². The van der Waals surface area contributed by atoms with E-state index in [1.165, 1.54) is 0 Å². The summed E-state index contributed by atoms with van der Waals surface area (Å²) in [5.74, 6) is 0.375. The molecule has 0 bridgehead atoms. The van der Waals surface area contributed by atoms with Gasteiger partial charge in [-0.2, -0.15) is 0 Å². The van der Waals surface area contributed by atoms with Crippen molar-refractivity contribution < 1.29 is 4.79 Å². The highest BCUT2D eigenvalue weighted by atomic mass is 35.5. The van der Waals surface area contributed by atoms with Crippen molar-refractivity contribution in [1.82, 2.24) is 4.90 Å². The van der Waals surface area contributed by atoms with Crippen LogP contribution in [0.5, 0.6) is 0 Å². The molecule has 1 aromatic carbocycles. The summed E-state index contributed by atoms with van der Waals surface area (Å²) in [6.07, 6.45) is 0. The zero-order chi connectivity index (χ0) is 13.0. The summed E-state index contributed by atoms with van der Waals surface area (Å²) in [6.45, 7) is 7.51. The van der Waals surface area contributed by atoms with Crippen LogP contribution in [-0.2, 0) is 0 Å². The number of nitrogens with two attached hydrogens (primary N) is 1. The molecule has 0 spiro atoms. The van der Waals surface area contributed by atoms with Gasteiger partial charge >= 0.3 is 0 Å². The quantitative estimate of drug-likeness (QED) is 0.840. The van der Waals surface area contributed by atoms with Gasteiger partial charge in [0.2, 0.25) is 0 Å². The minimum atomic E-state index is -0.0544. The van der Waals surface area contributed by atoms with Gasteiger partial charge in [-0.25, -0.2) is 0 Å². The Balaban J connectivity index is 2.98. The molecule has 0 aliphatic heterocycles. The highest BCUT2D eigenvalue weighted by molar-refractivity contribution is 6.33. The number of halogens is 1. The van der Waals surface area contributed by atoms with E-state index >= 15 is 0 Å². The van der Waals surface area contributed by atoms with E-state index in [4.69, 9.17) is 17.3 Å². The third kappa shape index (κ3) is 3.37. The Morgan fingerprint density at radius 2 is 2.12 bits per heavy atom. The first-order valence-electron chi connectivity index (χ1n) is 5.80. The first-order chi connectivity index (χ1) is 7.97. The van der Waals surface area contributed by atoms with Crippen molar-refractivity contribution in [3.05, 3.63) is 28.8 Å². The Kier molecular flexibility index (Phi) is 4.82. The van der Waals surface area contributed by atoms with Gasteiger partial charge in [0.15, 0.2) is 0 Å². The second-order valence-corrected chi connectivity index (χ2v) is 4.85. The second-order valence-electron chi connectivity index (χ2n) is 4.44. The van der Waals surface area contributed by atoms with Gasteiger partial charge in [-0.1, -0.05) is 31.5 Å². The van der Waals surface area contributed by atoms with E-state index in [0.717, 1.165) is 6.54 Å². The molecule has 0 saturated carbocycles. The van der Waals surface area contributed by atoms with Gasteiger partial charge in [0.25, 0.3) is 5.91 Å². The summed E-state index contributed by atoms with van der Waals surface area (Å²) in [4.78, 5) is 14.1. The van der Waals surface area contributed by atoms with Crippen molar-refractivity contribution in [1.29, 1.82) is 0 Å². The maximum Gasteiger partial charge on any atom is 0.255 e. The van der Waals surface area contributed by atoms with E-state index in [1.54, 1.807) is 23.1 Å². The molecule has 0 saturated heterocycles. The summed E-state index contributed by atoms with van der Waals surface area (Å²) in [7, 11) is 0. The SMILES string of the molecule is CCN(CC(C)C)C(=O)c1cccc(Cl)c1N. The lowest BCUT2D eigenvalue weighted by molar-refractivity contribution is 0.0747. The first-order valence-corrected chi connectivity index (χ1v) is 6.18. The van der Waals surface area contributed by atoms with E-state index in [-0.39, 0.29) is 5.91 Å². The van der Waals surface area contributed by atoms with Gasteiger partial charge in [-0.15, -0.1) is 0 Å². The largest absolute Gasteiger partial charge is 0.397 e. The normalized spacial score (nSPS) is 10.6. The Labute approximate surface area is 108 Å². The number of nitrogens with zero attached hydrogens (tertiary/aromatic N) is 1. The number of rotatable bonds is 4. The number of benzene rings is 1. The molecule has 0 unspecified atom stereocenters. The Bertz CT molecular complexity index is 404. The average Bonchev–Trinajstić information content (AvgIpc) is 2.28. The lowest BCUT2D eigenvalue weighted by Gasteiger charge is -2.23. The summed E-state index contributed by atoms with van der Waals surface area (Å²) >= 11 is 5.92. The van der Waals surface area contributed by atoms with Crippen LogP contribution in [0.15, 0.2) is 18.2 Å². The lowest BCUT2D eigenvalue weighted by atomic mass is 10.1. The van der Waals surface area contributed by atoms with Crippen LogP contribution in [0.1, 0.15) is 31.1 Å². The maximum atomic E-state index is 12.3. The van der Waals surface area contributed by atoms with E-state index < -0.39 is 0 Å². The third-order valence-electron chi connectivity index (χ3n) is 2.54. The number of carbonyl (C=O) groups is 1. The second kappa shape index (κ2) is 5.92. The molecule has 3 nitrogen and oxygen atoms in total. The fourth-order valence-electron chi connectivity index (χ4n) is 1.69. The summed E-state index contributed by atoms with van der Waals surface area (Å²) in [5.41, 5.74) is 6.68. The molecule has 0 aromatic heterocycles. The summed E-state index contributed by atoms with van der Waals surface area (Å²) in [5, 5.41) is 0.427. The molecule has 1 amide bonds. The minimum absolute atomic E-state index is 0.0544. The van der Waals surface area contributed by atoms with Gasteiger partial charge in [0.05, 0.1) is 16.3 Å². The Hall–Kier alpha value is -1.22. The maximum absolute atomic E-state index is 12.3. The molecule has 0 aliphatic carbocycles. The predicted molar refractivity (Wildman–Crippen MR) is 72.3 cm³/mol. The molecule has 0 radical (unpaired) electrons. The molecular formula is C13H19ClN2O. The zero-order valence-corrected chi connectivity index (χ0v) is 11.3. The number of nitrogen functional groups attached to an aromatic ring is 1. The molecule has 0 heterocycles. The van der Waals surface area contributed by atoms with Crippen LogP contribution in [0.2, 0.25) is 5.02 Å². The van der Waals surface area contributed by atoms with Crippen LogP contribution in [0, 0.1) is 5.92 Å². The number of para-hydroxylation sites is 1. The molecule has 0 fully saturated rings. The molecule has 0 atom stereocenters. The van der Waals surface area contributed by atoms with Gasteiger partial charge < -0.3 is 10.6 Å². The summed E-state index contributed by atoms with van der Waals surface area (Å²) < 4.78 is 0. The Morgan fingerprint density at radius 3 is 2.65 bits per heavy atom. The first kappa shape index (κ1) is 13.8. The fraction of sp³-hybridized carbons (Fsp3) is 0.462. The molecule has 0 aliphatic rings. The molecular weight excluding hydrogens is 236 g/mol. The number of anilines is 1. The van der Waals surface area contributed by atoms with Crippen LogP contribution < -0.4 is 5.73 Å². The molecule has 94 valence electrons. The standard InChI is InChI=1S/C13H19ClN2O/c1-4-16(8-9(2)3)13(17)10-6-5-7-11(14)12(10)15/h5-7,9H,4,8,15H2,1-3H3. The monoisotopic (exact) mass is 254 g/mol. The van der Waals surface area contributed by atoms with Crippen LogP contribution in [0.25, 0.3) is 0 Å². The highest BCUT2D eigenvalue weighted by Crippen LogP contribution is 2.23. The number of hydrogen-bond acceptors (Lipinski definition) is 2. The van der Waals surface area contributed by atoms with E-state index in [0.29, 0.717) is 28.7 Å². The zero-order valence-electron chi connectivity index (χ0n) is 10.5. The van der Waals surface area contributed by atoms with Crippen LogP contribution in [0.3, 0.4) is 0 Å². The van der Waals surface area contributed by atoms with Crippen molar-refractivity contribution in [2.75, 3.05) is 18.8 Å². The van der Waals surface area contributed by atoms with Gasteiger partial charge in [-0.3, -0.25) is 4.79 Å². The molecule has 17 heavy (non-hydrogen) atoms. The third-order valence-corrected chi connectivity index (χ3v) is 2.87. The number of hydrogen-bond donors (Lipinski definition) is 1. The lowest BCUT2D eigenvalue weighted by Crippen LogP contribution is -2.34. The molecule has 4 heteroatoms. The van der Waals surface area contributed by atoms with Crippen LogP contribution >= 0.6 is 11.6 Å². The minimum Gasteiger partial charge on any atom is -0.397 e. The van der Waals surface area contributed by atoms with Crippen LogP contribution in [-0.4, -0.2) is 23.9 Å². The molecule has 2 N–H and O–H groups in total. The number of amides is 1. The summed E-state index contributed by atoms with van der Waals surface area (Å²) in [6, 6.07) is 5.15. The van der Waals surface area contributed by atoms with Crippen molar-refractivity contribution in [2.45, 2.75) is 20.8 Å². The van der Waals surface area contributed by atoms with Gasteiger partial charge in [-0.05, 0) is 25.0 Å². The van der Waals surface area contributed by atoms with Crippen molar-refractivity contribution in [3.8, 4) is 0 Å². The molecule has 1 rings (SSSR count). The fourth-order valence-corrected chi connectivity index (χ4v) is 1.86. The number of carbonyl (C=O) groups excluding carboxylic acids is 1. The van der Waals surface area contributed by atoms with E-state index in [9.17, 15) is 4.79 Å². The van der Waals surface area contributed by atoms with Gasteiger partial charge in [0, 0.05) is 13.1 Å². The van der Waals surface area contributed by atoms with Crippen molar-refractivity contribution in [2.24, 2.45) is 5.92 Å². The smallest absolute Gasteiger partial charge is 0.255 e. The van der Waals surface area contributed by atoms with Crippen molar-refractivity contribution >= 4 is 23.2 Å². The Morgan fingerprint density at radius 1 is 1.47 bits per heavy atom. The predicted octanol–water partition coefficient (Wildman–Crippen LogP) is 3.04. The van der Waals surface area contributed by atoms with E-state index in [2.05, 4.69) is 13.8 Å².